The Labute approximate surface area is 122 Å². The molecule has 21 heavy (non-hydrogen) atoms. The van der Waals surface area contributed by atoms with E-state index in [1.165, 1.54) is 12.8 Å². The van der Waals surface area contributed by atoms with E-state index >= 15 is 0 Å². The molecule has 3 aromatic rings. The maximum Gasteiger partial charge on any atom is 0.276 e. The van der Waals surface area contributed by atoms with E-state index in [0.717, 1.165) is 53.5 Å². The molecule has 3 heterocycles. The lowest BCUT2D eigenvalue weighted by atomic mass is 9.97. The molecule has 1 aliphatic rings. The third-order valence-corrected chi connectivity index (χ3v) is 4.38. The molecule has 1 aliphatic carbocycles. The molecule has 0 saturated carbocycles. The number of rotatable bonds is 0. The lowest BCUT2D eigenvalue weighted by Crippen LogP contribution is -2.21. The zero-order valence-corrected chi connectivity index (χ0v) is 11.9. The largest absolute Gasteiger partial charge is 0.304 e. The van der Waals surface area contributed by atoms with Crippen molar-refractivity contribution in [3.05, 3.63) is 52.2 Å². The van der Waals surface area contributed by atoms with Gasteiger partial charge in [0.25, 0.3) is 5.56 Å². The average Bonchev–Trinajstić information content (AvgIpc) is 2.47. The molecule has 0 amide bonds. The number of fused-ring (bicyclic) bond motifs is 5. The average molecular weight is 279 g/mol. The molecule has 0 radical (unpaired) electrons. The highest BCUT2D eigenvalue weighted by Gasteiger charge is 2.16. The molecular formula is C17H17N3O. The van der Waals surface area contributed by atoms with Crippen molar-refractivity contribution >= 4 is 16.6 Å². The summed E-state index contributed by atoms with van der Waals surface area (Å²) in [4.78, 5) is 21.1. The topological polar surface area (TPSA) is 47.3 Å². The fraction of sp³-hybridized carbons (Fsp3) is 0.353. The Morgan fingerprint density at radius 1 is 1.05 bits per heavy atom. The Hall–Kier alpha value is -2.23. The van der Waals surface area contributed by atoms with Gasteiger partial charge in [-0.25, -0.2) is 0 Å². The van der Waals surface area contributed by atoms with Crippen molar-refractivity contribution in [2.75, 3.05) is 0 Å². The van der Waals surface area contributed by atoms with Crippen LogP contribution in [0.25, 0.3) is 16.6 Å². The van der Waals surface area contributed by atoms with Crippen LogP contribution in [0.2, 0.25) is 0 Å². The molecule has 0 spiro atoms. The van der Waals surface area contributed by atoms with Gasteiger partial charge in [0.15, 0.2) is 5.65 Å². The van der Waals surface area contributed by atoms with Crippen molar-refractivity contribution in [3.63, 3.8) is 0 Å². The Balaban J connectivity index is 2.10. The molecule has 4 nitrogen and oxygen atoms in total. The summed E-state index contributed by atoms with van der Waals surface area (Å²) in [6.45, 7) is 0. The first-order chi connectivity index (χ1) is 10.3. The summed E-state index contributed by atoms with van der Waals surface area (Å²) in [6, 6.07) is 5.89. The van der Waals surface area contributed by atoms with Crippen molar-refractivity contribution < 1.29 is 0 Å². The molecule has 0 bridgehead atoms. The summed E-state index contributed by atoms with van der Waals surface area (Å²) in [5, 5.41) is 0.946. The number of aryl methyl sites for hydroxylation is 1. The lowest BCUT2D eigenvalue weighted by molar-refractivity contribution is 0.600. The number of pyridine rings is 2. The van der Waals surface area contributed by atoms with Crippen LogP contribution in [0.15, 0.2) is 35.4 Å². The number of aromatic nitrogens is 3. The second-order valence-electron chi connectivity index (χ2n) is 5.70. The molecule has 4 rings (SSSR count). The zero-order chi connectivity index (χ0) is 14.2. The number of hydrogen-bond acceptors (Lipinski definition) is 3. The SMILES string of the molecule is O=c1nc2c3cccnc3ccn2c2c1CCCCCC2. The highest BCUT2D eigenvalue weighted by molar-refractivity contribution is 5.91. The van der Waals surface area contributed by atoms with Crippen molar-refractivity contribution in [3.8, 4) is 0 Å². The highest BCUT2D eigenvalue weighted by atomic mass is 16.1. The van der Waals surface area contributed by atoms with E-state index in [1.54, 1.807) is 6.20 Å². The summed E-state index contributed by atoms with van der Waals surface area (Å²) < 4.78 is 2.10. The van der Waals surface area contributed by atoms with Crippen molar-refractivity contribution in [1.29, 1.82) is 0 Å². The van der Waals surface area contributed by atoms with Gasteiger partial charge in [-0.05, 0) is 43.9 Å². The summed E-state index contributed by atoms with van der Waals surface area (Å²) in [6.07, 6.45) is 10.3. The monoisotopic (exact) mass is 279 g/mol. The summed E-state index contributed by atoms with van der Waals surface area (Å²) in [7, 11) is 0. The van der Waals surface area contributed by atoms with E-state index in [1.807, 2.05) is 24.4 Å². The van der Waals surface area contributed by atoms with E-state index in [0.29, 0.717) is 0 Å². The fourth-order valence-corrected chi connectivity index (χ4v) is 3.32. The van der Waals surface area contributed by atoms with Crippen LogP contribution in [0, 0.1) is 0 Å². The molecule has 106 valence electrons. The van der Waals surface area contributed by atoms with Crippen LogP contribution in [0.4, 0.5) is 0 Å². The summed E-state index contributed by atoms with van der Waals surface area (Å²) >= 11 is 0. The highest BCUT2D eigenvalue weighted by Crippen LogP contribution is 2.22. The number of hydrogen-bond donors (Lipinski definition) is 0. The van der Waals surface area contributed by atoms with Gasteiger partial charge in [-0.15, -0.1) is 0 Å². The molecule has 0 atom stereocenters. The quantitative estimate of drug-likeness (QED) is 0.594. The van der Waals surface area contributed by atoms with E-state index in [4.69, 9.17) is 0 Å². The normalized spacial score (nSPS) is 15.6. The minimum absolute atomic E-state index is 0.0525. The van der Waals surface area contributed by atoms with Gasteiger partial charge in [0.1, 0.15) is 0 Å². The Morgan fingerprint density at radius 3 is 2.81 bits per heavy atom. The Bertz CT molecular complexity index is 882. The van der Waals surface area contributed by atoms with Crippen LogP contribution in [0.1, 0.15) is 36.9 Å². The Morgan fingerprint density at radius 2 is 1.90 bits per heavy atom. The van der Waals surface area contributed by atoms with Gasteiger partial charge >= 0.3 is 0 Å². The van der Waals surface area contributed by atoms with Gasteiger partial charge in [-0.1, -0.05) is 12.8 Å². The van der Waals surface area contributed by atoms with Crippen LogP contribution in [0.3, 0.4) is 0 Å². The second-order valence-corrected chi connectivity index (χ2v) is 5.70. The molecule has 0 aromatic carbocycles. The fourth-order valence-electron chi connectivity index (χ4n) is 3.32. The van der Waals surface area contributed by atoms with Gasteiger partial charge in [0.05, 0.1) is 5.52 Å². The minimum atomic E-state index is -0.0525. The van der Waals surface area contributed by atoms with Crippen LogP contribution in [-0.4, -0.2) is 14.4 Å². The summed E-state index contributed by atoms with van der Waals surface area (Å²) in [5.41, 5.74) is 3.63. The van der Waals surface area contributed by atoms with Gasteiger partial charge in [-0.3, -0.25) is 9.78 Å². The molecule has 0 saturated heterocycles. The standard InChI is InChI=1S/C17H17N3O/c21-17-13-6-3-1-2-4-8-15(13)20-11-9-14-12(16(20)19-17)7-5-10-18-14/h5,7,9-11H,1-4,6,8H2. The predicted octanol–water partition coefficient (Wildman–Crippen LogP) is 2.90. The van der Waals surface area contributed by atoms with Crippen molar-refractivity contribution in [2.24, 2.45) is 0 Å². The molecule has 0 unspecified atom stereocenters. The third-order valence-electron chi connectivity index (χ3n) is 4.38. The van der Waals surface area contributed by atoms with Crippen molar-refractivity contribution in [1.82, 2.24) is 14.4 Å². The van der Waals surface area contributed by atoms with E-state index < -0.39 is 0 Å². The summed E-state index contributed by atoms with van der Waals surface area (Å²) in [5.74, 6) is 0. The van der Waals surface area contributed by atoms with Crippen LogP contribution < -0.4 is 5.56 Å². The van der Waals surface area contributed by atoms with Crippen LogP contribution >= 0.6 is 0 Å². The molecule has 3 aromatic heterocycles. The molecule has 0 N–H and O–H groups in total. The minimum Gasteiger partial charge on any atom is -0.304 e. The molecular weight excluding hydrogens is 262 g/mol. The molecule has 4 heteroatoms. The van der Waals surface area contributed by atoms with E-state index in [-0.39, 0.29) is 5.56 Å². The third kappa shape index (κ3) is 2.02. The first-order valence-corrected chi connectivity index (χ1v) is 7.62. The smallest absolute Gasteiger partial charge is 0.276 e. The zero-order valence-electron chi connectivity index (χ0n) is 11.9. The van der Waals surface area contributed by atoms with E-state index in [2.05, 4.69) is 14.4 Å². The van der Waals surface area contributed by atoms with E-state index in [9.17, 15) is 4.79 Å². The Kier molecular flexibility index (Phi) is 2.95. The lowest BCUT2D eigenvalue weighted by Gasteiger charge is -2.16. The number of nitrogens with zero attached hydrogens (tertiary/aromatic N) is 3. The van der Waals surface area contributed by atoms with Gasteiger partial charge in [-0.2, -0.15) is 4.98 Å². The van der Waals surface area contributed by atoms with Gasteiger partial charge in [0.2, 0.25) is 0 Å². The van der Waals surface area contributed by atoms with Gasteiger partial charge < -0.3 is 4.40 Å². The molecule has 0 aliphatic heterocycles. The first-order valence-electron chi connectivity index (χ1n) is 7.62. The maximum absolute atomic E-state index is 12.4. The second kappa shape index (κ2) is 4.95. The first kappa shape index (κ1) is 12.5. The maximum atomic E-state index is 12.4. The molecule has 0 fully saturated rings. The van der Waals surface area contributed by atoms with Crippen LogP contribution in [-0.2, 0) is 12.8 Å². The predicted molar refractivity (Wildman–Crippen MR) is 82.6 cm³/mol. The van der Waals surface area contributed by atoms with Crippen LogP contribution in [0.5, 0.6) is 0 Å². The van der Waals surface area contributed by atoms with Gasteiger partial charge in [0, 0.05) is 29.0 Å². The van der Waals surface area contributed by atoms with Crippen molar-refractivity contribution in [2.45, 2.75) is 38.5 Å².